The number of aliphatic hydroxyl groups excluding tert-OH is 1. The van der Waals surface area contributed by atoms with Crippen molar-refractivity contribution in [3.63, 3.8) is 0 Å². The number of imide groups is 1. The van der Waals surface area contributed by atoms with Crippen LogP contribution in [0.5, 0.6) is 17.2 Å². The summed E-state index contributed by atoms with van der Waals surface area (Å²) in [5.74, 6) is -2.86. The van der Waals surface area contributed by atoms with E-state index in [0.717, 1.165) is 21.4 Å². The molecule has 0 fully saturated rings. The second-order valence-corrected chi connectivity index (χ2v) is 15.4. The molecule has 314 valence electrons. The van der Waals surface area contributed by atoms with Gasteiger partial charge in [0.2, 0.25) is 0 Å². The van der Waals surface area contributed by atoms with Gasteiger partial charge in [0.05, 0.1) is 17.9 Å². The number of aliphatic carboxylic acids is 1. The zero-order valence-corrected chi connectivity index (χ0v) is 34.2. The van der Waals surface area contributed by atoms with Gasteiger partial charge in [0, 0.05) is 82.2 Å². The number of nitrogens with zero attached hydrogens (tertiary/aromatic N) is 3. The highest BCUT2D eigenvalue weighted by Crippen LogP contribution is 2.46. The van der Waals surface area contributed by atoms with Crippen LogP contribution < -0.4 is 23.8 Å². The molecule has 3 atom stereocenters. The fraction of sp³-hybridized carbons (Fsp3) is 0.178. The molecule has 3 aliphatic rings. The van der Waals surface area contributed by atoms with Gasteiger partial charge in [-0.1, -0.05) is 60.7 Å². The monoisotopic (exact) mass is 876 g/mol. The highest BCUT2D eigenvalue weighted by Gasteiger charge is 2.35. The van der Waals surface area contributed by atoms with Gasteiger partial charge >= 0.3 is 14.2 Å². The molecule has 0 saturated heterocycles. The highest BCUT2D eigenvalue weighted by molar-refractivity contribution is 7.32. The summed E-state index contributed by atoms with van der Waals surface area (Å²) < 4.78 is 28.4. The maximum atomic E-state index is 13.9. The van der Waals surface area contributed by atoms with Crippen LogP contribution in [0.2, 0.25) is 0 Å². The molecule has 3 N–H and O–H groups in total. The van der Waals surface area contributed by atoms with Crippen LogP contribution in [-0.2, 0) is 35.0 Å². The standard InChI is InChI=1S/C45H35ClN3O12P/c46-24-28-25-49(35-23-37(60-45(56)44(54)55)32-7-3-4-8-33(32)43(28)35)42(53)13-10-26-9-11-27(36(21-26)59-20-19-48-40(51)15-16-41(48)52)12-14-39(50)47-18-17-30-29-5-1-2-6-31(29)38(22-34(30)47)61-62(57)58/h1-16,21-23,28,45,56H,17-20,24-25H2,(H-,54,55,57,58)/p+1/b13-10+,14-12+/t28-,45?/m1/s1. The Kier molecular flexibility index (Phi) is 11.9. The fourth-order valence-electron chi connectivity index (χ4n) is 7.96. The first-order chi connectivity index (χ1) is 29.9. The molecule has 5 aromatic rings. The number of hydrogen-bond donors (Lipinski definition) is 3. The molecule has 0 bridgehead atoms. The summed E-state index contributed by atoms with van der Waals surface area (Å²) in [6.45, 7) is 0.445. The average Bonchev–Trinajstić information content (AvgIpc) is 3.96. The molecule has 0 saturated carbocycles. The quantitative estimate of drug-likeness (QED) is 0.0382. The van der Waals surface area contributed by atoms with Crippen LogP contribution in [0.1, 0.15) is 28.2 Å². The number of carbonyl (C=O) groups is 5. The Labute approximate surface area is 359 Å². The third kappa shape index (κ3) is 8.26. The molecule has 0 spiro atoms. The third-order valence-electron chi connectivity index (χ3n) is 10.8. The molecule has 5 aromatic carbocycles. The first-order valence-electron chi connectivity index (χ1n) is 19.3. The van der Waals surface area contributed by atoms with Gasteiger partial charge in [-0.2, -0.15) is 0 Å². The molecule has 0 aliphatic carbocycles. The number of fused-ring (bicyclic) bond motifs is 6. The zero-order chi connectivity index (χ0) is 43.7. The fourth-order valence-corrected chi connectivity index (χ4v) is 8.54. The Morgan fingerprint density at radius 3 is 2.16 bits per heavy atom. The van der Waals surface area contributed by atoms with Crippen LogP contribution >= 0.6 is 19.9 Å². The van der Waals surface area contributed by atoms with E-state index >= 15 is 0 Å². The van der Waals surface area contributed by atoms with Gasteiger partial charge in [0.25, 0.3) is 29.9 Å². The predicted octanol–water partition coefficient (Wildman–Crippen LogP) is 6.09. The summed E-state index contributed by atoms with van der Waals surface area (Å²) >= 11 is 6.41. The number of alkyl halides is 1. The number of carbonyl (C=O) groups excluding carboxylic acids is 4. The van der Waals surface area contributed by atoms with Crippen molar-refractivity contribution >= 4 is 94.5 Å². The van der Waals surface area contributed by atoms with Crippen LogP contribution in [0.15, 0.2) is 103 Å². The number of carboxylic acid groups (broad SMARTS) is 1. The lowest BCUT2D eigenvalue weighted by Gasteiger charge is -2.19. The molecule has 0 aromatic heterocycles. The lowest BCUT2D eigenvalue weighted by Crippen LogP contribution is -2.33. The molecular formula is C45H36ClN3O12P+. The summed E-state index contributed by atoms with van der Waals surface area (Å²) in [5, 5.41) is 22.0. The maximum absolute atomic E-state index is 13.9. The SMILES string of the molecule is O=C(O)C(O)Oc1cc2c(c3ccccc13)[C@H](CCl)CN2C(=O)/C=C/c1ccc(/C=C/C(=O)N2CCc3c2cc(O[P+](=O)O)c2ccccc32)c(OCCN2C(=O)C=CC2=O)c1. The lowest BCUT2D eigenvalue weighted by atomic mass is 9.95. The van der Waals surface area contributed by atoms with Crippen molar-refractivity contribution in [3.8, 4) is 17.2 Å². The minimum atomic E-state index is -2.96. The number of aliphatic hydroxyl groups is 1. The number of ether oxygens (including phenoxy) is 2. The van der Waals surface area contributed by atoms with Crippen LogP contribution in [0, 0.1) is 0 Å². The number of hydrogen-bond acceptors (Lipinski definition) is 10. The molecule has 4 amide bonds. The zero-order valence-electron chi connectivity index (χ0n) is 32.5. The Morgan fingerprint density at radius 1 is 0.823 bits per heavy atom. The summed E-state index contributed by atoms with van der Waals surface area (Å²) in [6, 6.07) is 22.5. The Morgan fingerprint density at radius 2 is 1.47 bits per heavy atom. The van der Waals surface area contributed by atoms with E-state index in [1.807, 2.05) is 18.2 Å². The summed E-state index contributed by atoms with van der Waals surface area (Å²) in [4.78, 5) is 77.1. The maximum Gasteiger partial charge on any atom is 0.747 e. The molecule has 3 heterocycles. The molecular weight excluding hydrogens is 841 g/mol. The van der Waals surface area contributed by atoms with E-state index in [0.29, 0.717) is 51.6 Å². The number of anilines is 2. The minimum Gasteiger partial charge on any atom is -0.491 e. The van der Waals surface area contributed by atoms with Crippen LogP contribution in [0.3, 0.4) is 0 Å². The first-order valence-corrected chi connectivity index (χ1v) is 21.0. The van der Waals surface area contributed by atoms with E-state index < -0.39 is 38.2 Å². The summed E-state index contributed by atoms with van der Waals surface area (Å²) in [5.41, 5.74) is 3.68. The van der Waals surface area contributed by atoms with Crippen molar-refractivity contribution in [2.45, 2.75) is 18.6 Å². The van der Waals surface area contributed by atoms with Crippen molar-refractivity contribution in [2.24, 2.45) is 0 Å². The second-order valence-electron chi connectivity index (χ2n) is 14.4. The topological polar surface area (TPSA) is 201 Å². The second kappa shape index (κ2) is 17.6. The van der Waals surface area contributed by atoms with Crippen LogP contribution in [0.25, 0.3) is 33.7 Å². The van der Waals surface area contributed by atoms with E-state index in [2.05, 4.69) is 0 Å². The highest BCUT2D eigenvalue weighted by atomic mass is 35.5. The number of benzene rings is 5. The number of rotatable bonds is 14. The third-order valence-corrected chi connectivity index (χ3v) is 11.5. The predicted molar refractivity (Wildman–Crippen MR) is 230 cm³/mol. The van der Waals surface area contributed by atoms with Gasteiger partial charge in [0.1, 0.15) is 18.1 Å². The van der Waals surface area contributed by atoms with Crippen molar-refractivity contribution < 1.29 is 57.6 Å². The van der Waals surface area contributed by atoms with Crippen molar-refractivity contribution in [1.29, 1.82) is 0 Å². The minimum absolute atomic E-state index is 0.0480. The Balaban J connectivity index is 1.07. The van der Waals surface area contributed by atoms with Gasteiger partial charge in [-0.3, -0.25) is 24.1 Å². The Hall–Kier alpha value is -6.90. The van der Waals surface area contributed by atoms with E-state index in [1.165, 1.54) is 35.3 Å². The molecule has 2 unspecified atom stereocenters. The molecule has 15 nitrogen and oxygen atoms in total. The van der Waals surface area contributed by atoms with Crippen molar-refractivity contribution in [3.05, 3.63) is 125 Å². The average molecular weight is 877 g/mol. The van der Waals surface area contributed by atoms with Crippen LogP contribution in [-0.4, -0.2) is 88.0 Å². The molecule has 62 heavy (non-hydrogen) atoms. The number of halogens is 1. The van der Waals surface area contributed by atoms with Crippen molar-refractivity contribution in [2.75, 3.05) is 41.9 Å². The van der Waals surface area contributed by atoms with E-state index in [1.54, 1.807) is 71.6 Å². The van der Waals surface area contributed by atoms with Gasteiger partial charge in [-0.15, -0.1) is 16.5 Å². The lowest BCUT2D eigenvalue weighted by molar-refractivity contribution is -0.161. The smallest absolute Gasteiger partial charge is 0.491 e. The van der Waals surface area contributed by atoms with E-state index in [4.69, 9.17) is 25.6 Å². The van der Waals surface area contributed by atoms with Gasteiger partial charge < -0.3 is 29.5 Å². The largest absolute Gasteiger partial charge is 0.747 e. The molecule has 8 rings (SSSR count). The van der Waals surface area contributed by atoms with E-state index in [9.17, 15) is 43.6 Å². The normalized spacial score (nSPS) is 16.5. The number of carboxylic acids is 1. The molecule has 17 heteroatoms. The molecule has 0 radical (unpaired) electrons. The van der Waals surface area contributed by atoms with Crippen molar-refractivity contribution in [1.82, 2.24) is 4.90 Å². The van der Waals surface area contributed by atoms with Gasteiger partial charge in [-0.25, -0.2) is 9.32 Å². The van der Waals surface area contributed by atoms with Gasteiger partial charge in [0.15, 0.2) is 5.75 Å². The number of amides is 4. The summed E-state index contributed by atoms with van der Waals surface area (Å²) in [6.07, 6.45) is 6.60. The van der Waals surface area contributed by atoms with Crippen LogP contribution in [0.4, 0.5) is 11.4 Å². The Bertz CT molecular complexity index is 2790. The van der Waals surface area contributed by atoms with Gasteiger partial charge in [-0.05, 0) is 52.1 Å². The first kappa shape index (κ1) is 41.8. The molecule has 3 aliphatic heterocycles. The summed E-state index contributed by atoms with van der Waals surface area (Å²) in [7, 11) is -2.96. The van der Waals surface area contributed by atoms with E-state index in [-0.39, 0.29) is 54.7 Å².